The smallest absolute Gasteiger partial charge is 0.240 e. The van der Waals surface area contributed by atoms with Crippen molar-refractivity contribution < 1.29 is 14.2 Å². The van der Waals surface area contributed by atoms with Crippen molar-refractivity contribution in [2.24, 2.45) is 11.8 Å². The molecule has 19 heavy (non-hydrogen) atoms. The fourth-order valence-corrected chi connectivity index (χ4v) is 2.32. The van der Waals surface area contributed by atoms with Gasteiger partial charge in [-0.15, -0.1) is 0 Å². The van der Waals surface area contributed by atoms with E-state index in [9.17, 15) is 0 Å². The van der Waals surface area contributed by atoms with E-state index in [4.69, 9.17) is 20.1 Å². The molecule has 2 heterocycles. The molecule has 1 aromatic rings. The molecule has 0 spiro atoms. The molecule has 0 radical (unpaired) electrons. The van der Waals surface area contributed by atoms with Crippen molar-refractivity contribution in [1.29, 1.82) is 0 Å². The maximum Gasteiger partial charge on any atom is 0.240 e. The van der Waals surface area contributed by atoms with Crippen LogP contribution in [-0.4, -0.2) is 37.4 Å². The van der Waals surface area contributed by atoms with Crippen LogP contribution in [-0.2, 0) is 4.74 Å². The highest BCUT2D eigenvalue weighted by Crippen LogP contribution is 2.32. The van der Waals surface area contributed by atoms with Crippen molar-refractivity contribution in [3.63, 3.8) is 0 Å². The molecule has 2 rings (SSSR count). The minimum atomic E-state index is -0.0998. The van der Waals surface area contributed by atoms with Gasteiger partial charge in [-0.1, -0.05) is 0 Å². The van der Waals surface area contributed by atoms with E-state index in [2.05, 4.69) is 15.4 Å². The molecular formula is C12H20N4O3. The predicted octanol–water partition coefficient (Wildman–Crippen LogP) is 0.425. The predicted molar refractivity (Wildman–Crippen MR) is 68.7 cm³/mol. The number of rotatable bonds is 5. The van der Waals surface area contributed by atoms with E-state index in [0.717, 1.165) is 26.1 Å². The number of nitrogens with one attached hydrogen (secondary N) is 1. The van der Waals surface area contributed by atoms with Gasteiger partial charge < -0.3 is 14.2 Å². The van der Waals surface area contributed by atoms with Crippen molar-refractivity contribution in [2.75, 3.05) is 27.4 Å². The van der Waals surface area contributed by atoms with Crippen molar-refractivity contribution in [1.82, 2.24) is 15.4 Å². The first-order valence-electron chi connectivity index (χ1n) is 6.29. The van der Waals surface area contributed by atoms with Gasteiger partial charge in [-0.05, 0) is 18.8 Å². The van der Waals surface area contributed by atoms with Gasteiger partial charge in [0, 0.05) is 13.2 Å². The number of nitrogens with zero attached hydrogens (tertiary/aromatic N) is 2. The molecule has 1 fully saturated rings. The first-order chi connectivity index (χ1) is 9.30. The third kappa shape index (κ3) is 3.12. The minimum Gasteiger partial charge on any atom is -0.480 e. The lowest BCUT2D eigenvalue weighted by Crippen LogP contribution is -2.37. The summed E-state index contributed by atoms with van der Waals surface area (Å²) in [5.74, 6) is 6.90. The highest BCUT2D eigenvalue weighted by Gasteiger charge is 2.29. The molecule has 0 bridgehead atoms. The summed E-state index contributed by atoms with van der Waals surface area (Å²) in [6.45, 7) is 1.49. The summed E-state index contributed by atoms with van der Waals surface area (Å²) < 4.78 is 15.7. The van der Waals surface area contributed by atoms with Gasteiger partial charge in [0.15, 0.2) is 0 Å². The van der Waals surface area contributed by atoms with E-state index in [1.54, 1.807) is 20.4 Å². The van der Waals surface area contributed by atoms with Gasteiger partial charge in [0.25, 0.3) is 0 Å². The van der Waals surface area contributed by atoms with Crippen molar-refractivity contribution in [3.8, 4) is 11.8 Å². The summed E-state index contributed by atoms with van der Waals surface area (Å²) in [6, 6.07) is -0.0998. The normalized spacial score (nSPS) is 18.1. The number of hydrogen-bond donors (Lipinski definition) is 2. The van der Waals surface area contributed by atoms with Crippen LogP contribution in [0.3, 0.4) is 0 Å². The van der Waals surface area contributed by atoms with Crippen LogP contribution in [0.2, 0.25) is 0 Å². The van der Waals surface area contributed by atoms with Crippen molar-refractivity contribution in [2.45, 2.75) is 18.9 Å². The zero-order valence-corrected chi connectivity index (χ0v) is 11.3. The zero-order valence-electron chi connectivity index (χ0n) is 11.3. The molecule has 0 saturated carbocycles. The molecule has 3 N–H and O–H groups in total. The van der Waals surface area contributed by atoms with Gasteiger partial charge in [-0.25, -0.2) is 4.98 Å². The number of ether oxygens (including phenoxy) is 3. The first kappa shape index (κ1) is 14.0. The molecule has 0 aromatic carbocycles. The van der Waals surface area contributed by atoms with Crippen LogP contribution in [0, 0.1) is 5.92 Å². The Bertz CT molecular complexity index is 410. The van der Waals surface area contributed by atoms with Crippen molar-refractivity contribution in [3.05, 3.63) is 11.9 Å². The SMILES string of the molecule is COc1cnc(C(NN)C2CCOCC2)c(OC)n1. The summed E-state index contributed by atoms with van der Waals surface area (Å²) in [5.41, 5.74) is 3.53. The molecule has 106 valence electrons. The summed E-state index contributed by atoms with van der Waals surface area (Å²) in [5, 5.41) is 0. The number of hydrazine groups is 1. The molecule has 0 aliphatic carbocycles. The van der Waals surface area contributed by atoms with Crippen LogP contribution in [0.15, 0.2) is 6.20 Å². The summed E-state index contributed by atoms with van der Waals surface area (Å²) in [7, 11) is 3.10. The van der Waals surface area contributed by atoms with Gasteiger partial charge in [-0.2, -0.15) is 4.98 Å². The highest BCUT2D eigenvalue weighted by atomic mass is 16.5. The van der Waals surface area contributed by atoms with Gasteiger partial charge in [0.1, 0.15) is 5.69 Å². The lowest BCUT2D eigenvalue weighted by atomic mass is 9.90. The molecule has 1 saturated heterocycles. The summed E-state index contributed by atoms with van der Waals surface area (Å²) >= 11 is 0. The number of hydrogen-bond acceptors (Lipinski definition) is 7. The maximum absolute atomic E-state index is 5.68. The lowest BCUT2D eigenvalue weighted by molar-refractivity contribution is 0.0526. The molecule has 1 atom stereocenters. The molecule has 1 aromatic heterocycles. The number of methoxy groups -OCH3 is 2. The standard InChI is InChI=1S/C12H20N4O3/c1-17-9-7-14-11(12(15-9)18-2)10(16-13)8-3-5-19-6-4-8/h7-8,10,16H,3-6,13H2,1-2H3. The Morgan fingerprint density at radius 3 is 2.68 bits per heavy atom. The van der Waals surface area contributed by atoms with E-state index in [1.807, 2.05) is 0 Å². The lowest BCUT2D eigenvalue weighted by Gasteiger charge is -2.29. The topological polar surface area (TPSA) is 91.5 Å². The molecule has 7 nitrogen and oxygen atoms in total. The average Bonchev–Trinajstić information content (AvgIpc) is 2.49. The van der Waals surface area contributed by atoms with Crippen LogP contribution < -0.4 is 20.7 Å². The Morgan fingerprint density at radius 2 is 2.11 bits per heavy atom. The molecule has 1 unspecified atom stereocenters. The van der Waals surface area contributed by atoms with E-state index < -0.39 is 0 Å². The molecular weight excluding hydrogens is 248 g/mol. The van der Waals surface area contributed by atoms with Gasteiger partial charge in [-0.3, -0.25) is 11.3 Å². The van der Waals surface area contributed by atoms with E-state index in [-0.39, 0.29) is 6.04 Å². The third-order valence-corrected chi connectivity index (χ3v) is 3.36. The summed E-state index contributed by atoms with van der Waals surface area (Å²) in [6.07, 6.45) is 3.44. The Balaban J connectivity index is 2.26. The Hall–Kier alpha value is -1.44. The number of aromatic nitrogens is 2. The second-order valence-electron chi connectivity index (χ2n) is 4.40. The molecule has 1 aliphatic rings. The monoisotopic (exact) mass is 268 g/mol. The summed E-state index contributed by atoms with van der Waals surface area (Å²) in [4.78, 5) is 8.61. The second-order valence-corrected chi connectivity index (χ2v) is 4.40. The maximum atomic E-state index is 5.68. The average molecular weight is 268 g/mol. The fraction of sp³-hybridized carbons (Fsp3) is 0.667. The zero-order chi connectivity index (χ0) is 13.7. The Labute approximate surface area is 112 Å². The minimum absolute atomic E-state index is 0.0998. The first-order valence-corrected chi connectivity index (χ1v) is 6.29. The van der Waals surface area contributed by atoms with Crippen molar-refractivity contribution >= 4 is 0 Å². The largest absolute Gasteiger partial charge is 0.480 e. The van der Waals surface area contributed by atoms with Gasteiger partial charge in [0.05, 0.1) is 26.5 Å². The van der Waals surface area contributed by atoms with Crippen LogP contribution in [0.25, 0.3) is 0 Å². The quantitative estimate of drug-likeness (QED) is 0.591. The Kier molecular flexibility index (Phi) is 4.89. The van der Waals surface area contributed by atoms with Crippen LogP contribution in [0.5, 0.6) is 11.8 Å². The van der Waals surface area contributed by atoms with E-state index in [1.165, 1.54) is 0 Å². The molecule has 7 heteroatoms. The van der Waals surface area contributed by atoms with Crippen LogP contribution >= 0.6 is 0 Å². The van der Waals surface area contributed by atoms with Crippen LogP contribution in [0.1, 0.15) is 24.6 Å². The van der Waals surface area contributed by atoms with E-state index in [0.29, 0.717) is 23.4 Å². The Morgan fingerprint density at radius 1 is 1.37 bits per heavy atom. The second kappa shape index (κ2) is 6.65. The third-order valence-electron chi connectivity index (χ3n) is 3.36. The highest BCUT2D eigenvalue weighted by molar-refractivity contribution is 5.26. The van der Waals surface area contributed by atoms with Gasteiger partial charge >= 0.3 is 0 Å². The van der Waals surface area contributed by atoms with Crippen LogP contribution in [0.4, 0.5) is 0 Å². The molecule has 0 amide bonds. The fourth-order valence-electron chi connectivity index (χ4n) is 2.32. The number of nitrogens with two attached hydrogens (primary N) is 1. The van der Waals surface area contributed by atoms with E-state index >= 15 is 0 Å². The molecule has 1 aliphatic heterocycles. The van der Waals surface area contributed by atoms with Gasteiger partial charge in [0.2, 0.25) is 11.8 Å².